The predicted octanol–water partition coefficient (Wildman–Crippen LogP) is 4.82. The minimum absolute atomic E-state index is 0.160. The SMILES string of the molecule is C#CCCCC(NCCC)c1ccc(F)c2ccccc12. The largest absolute Gasteiger partial charge is 0.310 e. The van der Waals surface area contributed by atoms with Gasteiger partial charge in [-0.3, -0.25) is 0 Å². The second-order valence-electron chi connectivity index (χ2n) is 5.29. The van der Waals surface area contributed by atoms with Gasteiger partial charge in [0, 0.05) is 17.8 Å². The van der Waals surface area contributed by atoms with Gasteiger partial charge in [0.05, 0.1) is 0 Å². The van der Waals surface area contributed by atoms with Gasteiger partial charge >= 0.3 is 0 Å². The lowest BCUT2D eigenvalue weighted by molar-refractivity contribution is 0.489. The summed E-state index contributed by atoms with van der Waals surface area (Å²) in [7, 11) is 0. The first-order chi connectivity index (χ1) is 10.3. The van der Waals surface area contributed by atoms with E-state index in [0.29, 0.717) is 5.39 Å². The number of halogens is 1. The van der Waals surface area contributed by atoms with Gasteiger partial charge in [0.15, 0.2) is 0 Å². The maximum absolute atomic E-state index is 13.9. The van der Waals surface area contributed by atoms with E-state index in [1.807, 2.05) is 30.3 Å². The molecule has 2 aromatic rings. The van der Waals surface area contributed by atoms with Crippen LogP contribution in [0, 0.1) is 18.2 Å². The van der Waals surface area contributed by atoms with E-state index in [0.717, 1.165) is 43.2 Å². The fourth-order valence-corrected chi connectivity index (χ4v) is 2.68. The van der Waals surface area contributed by atoms with Crippen molar-refractivity contribution in [2.24, 2.45) is 0 Å². The number of unbranched alkanes of at least 4 members (excludes halogenated alkanes) is 1. The van der Waals surface area contributed by atoms with E-state index in [2.05, 4.69) is 18.2 Å². The van der Waals surface area contributed by atoms with Crippen LogP contribution in [0.5, 0.6) is 0 Å². The maximum atomic E-state index is 13.9. The number of benzene rings is 2. The number of hydrogen-bond donors (Lipinski definition) is 1. The summed E-state index contributed by atoms with van der Waals surface area (Å²) in [6.07, 6.45) is 9.15. The molecule has 1 atom stereocenters. The molecule has 0 aliphatic heterocycles. The molecule has 0 heterocycles. The van der Waals surface area contributed by atoms with Crippen LogP contribution in [0.2, 0.25) is 0 Å². The Morgan fingerprint density at radius 3 is 2.67 bits per heavy atom. The van der Waals surface area contributed by atoms with Crippen molar-refractivity contribution in [2.75, 3.05) is 6.54 Å². The van der Waals surface area contributed by atoms with E-state index in [1.54, 1.807) is 6.07 Å². The van der Waals surface area contributed by atoms with Crippen molar-refractivity contribution in [3.05, 3.63) is 47.8 Å². The molecule has 2 aromatic carbocycles. The summed E-state index contributed by atoms with van der Waals surface area (Å²) in [5.74, 6) is 2.53. The van der Waals surface area contributed by atoms with Crippen LogP contribution in [-0.2, 0) is 0 Å². The van der Waals surface area contributed by atoms with Crippen molar-refractivity contribution in [1.29, 1.82) is 0 Å². The summed E-state index contributed by atoms with van der Waals surface area (Å²) in [6.45, 7) is 3.10. The van der Waals surface area contributed by atoms with Gasteiger partial charge in [0.2, 0.25) is 0 Å². The molecular weight excluding hydrogens is 261 g/mol. The van der Waals surface area contributed by atoms with E-state index in [-0.39, 0.29) is 11.9 Å². The Bertz CT molecular complexity index is 627. The lowest BCUT2D eigenvalue weighted by Gasteiger charge is -2.21. The standard InChI is InChI=1S/C19H22FN/c1-3-5-6-11-19(21-14-4-2)17-12-13-18(20)16-10-8-7-9-15(16)17/h1,7-10,12-13,19,21H,4-6,11,14H2,2H3. The minimum atomic E-state index is -0.160. The Hall–Kier alpha value is -1.85. The van der Waals surface area contributed by atoms with Crippen LogP contribution in [0.1, 0.15) is 44.2 Å². The van der Waals surface area contributed by atoms with Gasteiger partial charge in [-0.1, -0.05) is 37.3 Å². The fourth-order valence-electron chi connectivity index (χ4n) is 2.68. The first-order valence-electron chi connectivity index (χ1n) is 7.62. The van der Waals surface area contributed by atoms with E-state index >= 15 is 0 Å². The highest BCUT2D eigenvalue weighted by Gasteiger charge is 2.14. The first kappa shape index (κ1) is 15.5. The van der Waals surface area contributed by atoms with Crippen LogP contribution in [0.4, 0.5) is 4.39 Å². The second-order valence-corrected chi connectivity index (χ2v) is 5.29. The average Bonchev–Trinajstić information content (AvgIpc) is 2.52. The molecule has 1 unspecified atom stereocenters. The normalized spacial score (nSPS) is 12.2. The summed E-state index contributed by atoms with van der Waals surface area (Å²) in [5, 5.41) is 5.25. The van der Waals surface area contributed by atoms with Crippen LogP contribution in [0.25, 0.3) is 10.8 Å². The summed E-state index contributed by atoms with van der Waals surface area (Å²) in [5.41, 5.74) is 1.16. The molecule has 0 spiro atoms. The Labute approximate surface area is 126 Å². The first-order valence-corrected chi connectivity index (χ1v) is 7.62. The molecule has 0 aliphatic carbocycles. The molecule has 0 saturated carbocycles. The molecule has 1 nitrogen and oxygen atoms in total. The molecule has 0 bridgehead atoms. The van der Waals surface area contributed by atoms with Crippen LogP contribution in [0.15, 0.2) is 36.4 Å². The molecule has 2 rings (SSSR count). The van der Waals surface area contributed by atoms with E-state index < -0.39 is 0 Å². The Balaban J connectivity index is 2.34. The zero-order valence-corrected chi connectivity index (χ0v) is 12.5. The number of nitrogens with one attached hydrogen (secondary N) is 1. The molecule has 0 amide bonds. The van der Waals surface area contributed by atoms with Crippen molar-refractivity contribution < 1.29 is 4.39 Å². The zero-order valence-electron chi connectivity index (χ0n) is 12.5. The monoisotopic (exact) mass is 283 g/mol. The molecule has 0 radical (unpaired) electrons. The van der Waals surface area contributed by atoms with Crippen molar-refractivity contribution in [3.8, 4) is 12.3 Å². The van der Waals surface area contributed by atoms with E-state index in [1.165, 1.54) is 0 Å². The summed E-state index contributed by atoms with van der Waals surface area (Å²) in [6, 6.07) is 11.4. The number of hydrogen-bond acceptors (Lipinski definition) is 1. The second kappa shape index (κ2) is 7.81. The minimum Gasteiger partial charge on any atom is -0.310 e. The highest BCUT2D eigenvalue weighted by Crippen LogP contribution is 2.29. The van der Waals surface area contributed by atoms with Gasteiger partial charge in [-0.2, -0.15) is 0 Å². The molecule has 0 saturated heterocycles. The molecule has 1 N–H and O–H groups in total. The smallest absolute Gasteiger partial charge is 0.131 e. The topological polar surface area (TPSA) is 12.0 Å². The maximum Gasteiger partial charge on any atom is 0.131 e. The highest BCUT2D eigenvalue weighted by molar-refractivity contribution is 5.86. The van der Waals surface area contributed by atoms with E-state index in [4.69, 9.17) is 6.42 Å². The third kappa shape index (κ3) is 3.83. The van der Waals surface area contributed by atoms with Crippen molar-refractivity contribution in [2.45, 2.75) is 38.6 Å². The molecule has 21 heavy (non-hydrogen) atoms. The lowest BCUT2D eigenvalue weighted by Crippen LogP contribution is -2.22. The van der Waals surface area contributed by atoms with Gasteiger partial charge < -0.3 is 5.32 Å². The van der Waals surface area contributed by atoms with Gasteiger partial charge in [0.25, 0.3) is 0 Å². The molecule has 0 aromatic heterocycles. The molecule has 0 fully saturated rings. The lowest BCUT2D eigenvalue weighted by atomic mass is 9.95. The van der Waals surface area contributed by atoms with Gasteiger partial charge in [-0.25, -0.2) is 4.39 Å². The number of rotatable bonds is 7. The van der Waals surface area contributed by atoms with Crippen LogP contribution in [0.3, 0.4) is 0 Å². The highest BCUT2D eigenvalue weighted by atomic mass is 19.1. The van der Waals surface area contributed by atoms with E-state index in [9.17, 15) is 4.39 Å². The quantitative estimate of drug-likeness (QED) is 0.567. The third-order valence-corrected chi connectivity index (χ3v) is 3.73. The molecule has 0 aliphatic rings. The summed E-state index contributed by atoms with van der Waals surface area (Å²) < 4.78 is 13.9. The molecular formula is C19H22FN. The van der Waals surface area contributed by atoms with Gasteiger partial charge in [0.1, 0.15) is 5.82 Å². The number of fused-ring (bicyclic) bond motifs is 1. The van der Waals surface area contributed by atoms with Crippen molar-refractivity contribution >= 4 is 10.8 Å². The molecule has 110 valence electrons. The summed E-state index contributed by atoms with van der Waals surface area (Å²) >= 11 is 0. The van der Waals surface area contributed by atoms with Crippen molar-refractivity contribution in [3.63, 3.8) is 0 Å². The zero-order chi connectivity index (χ0) is 15.1. The van der Waals surface area contributed by atoms with Crippen LogP contribution < -0.4 is 5.32 Å². The van der Waals surface area contributed by atoms with Gasteiger partial charge in [-0.15, -0.1) is 12.3 Å². The Morgan fingerprint density at radius 2 is 1.95 bits per heavy atom. The Kier molecular flexibility index (Phi) is 5.78. The average molecular weight is 283 g/mol. The predicted molar refractivity (Wildman–Crippen MR) is 87.6 cm³/mol. The van der Waals surface area contributed by atoms with Gasteiger partial charge in [-0.05, 0) is 42.8 Å². The van der Waals surface area contributed by atoms with Crippen molar-refractivity contribution in [1.82, 2.24) is 5.32 Å². The third-order valence-electron chi connectivity index (χ3n) is 3.73. The molecule has 2 heteroatoms. The van der Waals surface area contributed by atoms with Crippen LogP contribution >= 0.6 is 0 Å². The Morgan fingerprint density at radius 1 is 1.19 bits per heavy atom. The van der Waals surface area contributed by atoms with Crippen LogP contribution in [-0.4, -0.2) is 6.54 Å². The number of terminal acetylenes is 1. The summed E-state index contributed by atoms with van der Waals surface area (Å²) in [4.78, 5) is 0. The fraction of sp³-hybridized carbons (Fsp3) is 0.368.